The van der Waals surface area contributed by atoms with Crippen LogP contribution in [0.3, 0.4) is 0 Å². The molecule has 116 valence electrons. The molecule has 0 spiro atoms. The number of benzene rings is 2. The molecule has 3 nitrogen and oxygen atoms in total. The predicted molar refractivity (Wildman–Crippen MR) is 99.7 cm³/mol. The van der Waals surface area contributed by atoms with Crippen molar-refractivity contribution in [1.82, 2.24) is 9.55 Å². The maximum atomic E-state index is 6.42. The minimum Gasteiger partial charge on any atom is -0.315 e. The third-order valence-electron chi connectivity index (χ3n) is 4.35. The van der Waals surface area contributed by atoms with E-state index in [4.69, 9.17) is 16.6 Å². The quantitative estimate of drug-likeness (QED) is 0.470. The van der Waals surface area contributed by atoms with Crippen LogP contribution in [0.25, 0.3) is 15.9 Å². The van der Waals surface area contributed by atoms with Crippen LogP contribution in [0, 0.1) is 0 Å². The van der Waals surface area contributed by atoms with Gasteiger partial charge in [-0.1, -0.05) is 23.7 Å². The highest BCUT2D eigenvalue weighted by Crippen LogP contribution is 2.30. The number of aromatic nitrogens is 2. The first-order valence-corrected chi connectivity index (χ1v) is 8.90. The molecule has 0 N–H and O–H groups in total. The lowest BCUT2D eigenvalue weighted by atomic mass is 10.1. The zero-order valence-electron chi connectivity index (χ0n) is 12.6. The summed E-state index contributed by atoms with van der Waals surface area (Å²) in [7, 11) is 0. The maximum absolute atomic E-state index is 6.42. The number of aliphatic imine (C=N–C) groups is 1. The maximum Gasteiger partial charge on any atom is 0.0891 e. The van der Waals surface area contributed by atoms with E-state index in [1.807, 2.05) is 23.7 Å². The number of nitrogens with zero attached hydrogens (tertiary/aromatic N) is 3. The Labute approximate surface area is 147 Å². The number of thiazole rings is 1. The van der Waals surface area contributed by atoms with Crippen molar-refractivity contribution in [3.05, 3.63) is 82.1 Å². The second-order valence-corrected chi connectivity index (χ2v) is 6.99. The fraction of sp³-hybridized carbons (Fsp3) is 0.0526. The molecule has 0 unspecified atom stereocenters. The number of hydrogen-bond acceptors (Lipinski definition) is 3. The highest BCUT2D eigenvalue weighted by Gasteiger charge is 2.19. The molecule has 5 heteroatoms. The molecule has 0 saturated carbocycles. The third-order valence-corrected chi connectivity index (χ3v) is 5.49. The van der Waals surface area contributed by atoms with Gasteiger partial charge in [0.05, 0.1) is 39.4 Å². The molecule has 0 fully saturated rings. The summed E-state index contributed by atoms with van der Waals surface area (Å²) in [6.07, 6.45) is 2.07. The Hall–Kier alpha value is -2.43. The molecule has 0 bridgehead atoms. The lowest BCUT2D eigenvalue weighted by Gasteiger charge is -2.11. The lowest BCUT2D eigenvalue weighted by Crippen LogP contribution is -2.08. The van der Waals surface area contributed by atoms with E-state index in [1.54, 1.807) is 11.3 Å². The molecule has 2 aromatic heterocycles. The second kappa shape index (κ2) is 5.30. The Morgan fingerprint density at radius 1 is 1.08 bits per heavy atom. The highest BCUT2D eigenvalue weighted by molar-refractivity contribution is 7.16. The lowest BCUT2D eigenvalue weighted by molar-refractivity contribution is 1.02. The first-order valence-electron chi connectivity index (χ1n) is 7.65. The number of halogens is 1. The van der Waals surface area contributed by atoms with Crippen LogP contribution in [0.4, 0.5) is 0 Å². The summed E-state index contributed by atoms with van der Waals surface area (Å²) in [5.41, 5.74) is 8.24. The van der Waals surface area contributed by atoms with E-state index in [1.165, 1.54) is 4.70 Å². The van der Waals surface area contributed by atoms with Crippen LogP contribution in [0.1, 0.15) is 16.8 Å². The van der Waals surface area contributed by atoms with Crippen molar-refractivity contribution in [3.63, 3.8) is 0 Å². The van der Waals surface area contributed by atoms with Crippen LogP contribution in [0.15, 0.2) is 65.2 Å². The number of hydrogen-bond donors (Lipinski definition) is 0. The van der Waals surface area contributed by atoms with Gasteiger partial charge in [-0.2, -0.15) is 0 Å². The Bertz CT molecular complexity index is 1110. The van der Waals surface area contributed by atoms with Crippen LogP contribution < -0.4 is 0 Å². The normalized spacial score (nSPS) is 13.3. The second-order valence-electron chi connectivity index (χ2n) is 5.70. The molecular weight excluding hydrogens is 338 g/mol. The largest absolute Gasteiger partial charge is 0.315 e. The summed E-state index contributed by atoms with van der Waals surface area (Å²) < 4.78 is 3.34. The van der Waals surface area contributed by atoms with E-state index in [0.29, 0.717) is 6.54 Å². The topological polar surface area (TPSA) is 30.2 Å². The van der Waals surface area contributed by atoms with Gasteiger partial charge in [0.2, 0.25) is 0 Å². The smallest absolute Gasteiger partial charge is 0.0891 e. The molecule has 0 aliphatic carbocycles. The van der Waals surface area contributed by atoms with Gasteiger partial charge >= 0.3 is 0 Å². The van der Waals surface area contributed by atoms with Crippen molar-refractivity contribution < 1.29 is 0 Å². The summed E-state index contributed by atoms with van der Waals surface area (Å²) in [6.45, 7) is 0.576. The summed E-state index contributed by atoms with van der Waals surface area (Å²) in [4.78, 5) is 9.25. The van der Waals surface area contributed by atoms with Gasteiger partial charge < -0.3 is 4.57 Å². The van der Waals surface area contributed by atoms with Crippen LogP contribution in [-0.2, 0) is 6.54 Å². The van der Waals surface area contributed by atoms with Gasteiger partial charge in [0.25, 0.3) is 0 Å². The van der Waals surface area contributed by atoms with Gasteiger partial charge in [0.15, 0.2) is 0 Å². The molecular formula is C19H12ClN3S. The van der Waals surface area contributed by atoms with Crippen LogP contribution in [-0.4, -0.2) is 15.3 Å². The van der Waals surface area contributed by atoms with Crippen molar-refractivity contribution >= 4 is 38.9 Å². The highest BCUT2D eigenvalue weighted by atomic mass is 35.5. The number of rotatable bonds is 1. The third kappa shape index (κ3) is 2.04. The van der Waals surface area contributed by atoms with Crippen molar-refractivity contribution in [2.24, 2.45) is 4.99 Å². The molecule has 24 heavy (non-hydrogen) atoms. The van der Waals surface area contributed by atoms with Gasteiger partial charge in [0, 0.05) is 22.3 Å². The summed E-state index contributed by atoms with van der Waals surface area (Å²) >= 11 is 8.07. The van der Waals surface area contributed by atoms with Crippen molar-refractivity contribution in [2.75, 3.05) is 0 Å². The van der Waals surface area contributed by atoms with Crippen molar-refractivity contribution in [3.8, 4) is 5.69 Å². The SMILES string of the molecule is Clc1cccc2c1CN=C(c1ccc3ncsc3c1)c1cccn1-2. The first-order chi connectivity index (χ1) is 11.8. The average Bonchev–Trinajstić information content (AvgIpc) is 3.22. The van der Waals surface area contributed by atoms with Gasteiger partial charge in [-0.15, -0.1) is 11.3 Å². The molecule has 0 amide bonds. The van der Waals surface area contributed by atoms with E-state index in [9.17, 15) is 0 Å². The van der Waals surface area contributed by atoms with Crippen LogP contribution >= 0.6 is 22.9 Å². The fourth-order valence-corrected chi connectivity index (χ4v) is 4.14. The van der Waals surface area contributed by atoms with Gasteiger partial charge in [-0.05, 0) is 36.4 Å². The molecule has 0 atom stereocenters. The minimum absolute atomic E-state index is 0.576. The summed E-state index contributed by atoms with van der Waals surface area (Å²) in [6, 6.07) is 16.5. The van der Waals surface area contributed by atoms with E-state index < -0.39 is 0 Å². The molecule has 0 radical (unpaired) electrons. The molecule has 5 rings (SSSR count). The van der Waals surface area contributed by atoms with Crippen LogP contribution in [0.2, 0.25) is 5.02 Å². The Morgan fingerprint density at radius 3 is 3.00 bits per heavy atom. The summed E-state index contributed by atoms with van der Waals surface area (Å²) in [5.74, 6) is 0. The van der Waals surface area contributed by atoms with Gasteiger partial charge in [-0.3, -0.25) is 4.99 Å². The molecule has 4 aromatic rings. The number of fused-ring (bicyclic) bond motifs is 4. The van der Waals surface area contributed by atoms with Crippen LogP contribution in [0.5, 0.6) is 0 Å². The monoisotopic (exact) mass is 349 g/mol. The molecule has 0 saturated heterocycles. The van der Waals surface area contributed by atoms with E-state index in [2.05, 4.69) is 46.1 Å². The van der Waals surface area contributed by atoms with E-state index >= 15 is 0 Å². The predicted octanol–water partition coefficient (Wildman–Crippen LogP) is 5.09. The van der Waals surface area contributed by atoms with Crippen molar-refractivity contribution in [1.29, 1.82) is 0 Å². The van der Waals surface area contributed by atoms with E-state index in [0.717, 1.165) is 38.8 Å². The zero-order valence-corrected chi connectivity index (χ0v) is 14.2. The van der Waals surface area contributed by atoms with E-state index in [-0.39, 0.29) is 0 Å². The average molecular weight is 350 g/mol. The fourth-order valence-electron chi connectivity index (χ4n) is 3.19. The first kappa shape index (κ1) is 14.0. The molecule has 1 aliphatic rings. The Balaban J connectivity index is 1.75. The van der Waals surface area contributed by atoms with Gasteiger partial charge in [-0.25, -0.2) is 4.98 Å². The standard InChI is InChI=1S/C19H12ClN3S/c20-14-3-1-4-16-13(14)10-21-19(17-5-2-8-23(16)17)12-6-7-15-18(9-12)24-11-22-15/h1-9,11H,10H2. The summed E-state index contributed by atoms with van der Waals surface area (Å²) in [5, 5.41) is 0.759. The Kier molecular flexibility index (Phi) is 3.08. The van der Waals surface area contributed by atoms with Gasteiger partial charge in [0.1, 0.15) is 0 Å². The minimum atomic E-state index is 0.576. The van der Waals surface area contributed by atoms with Crippen molar-refractivity contribution in [2.45, 2.75) is 6.54 Å². The molecule has 3 heterocycles. The zero-order chi connectivity index (χ0) is 16.1. The molecule has 2 aromatic carbocycles. The Morgan fingerprint density at radius 2 is 2.04 bits per heavy atom. The molecule has 1 aliphatic heterocycles.